The first kappa shape index (κ1) is 11.0. The van der Waals surface area contributed by atoms with E-state index < -0.39 is 0 Å². The number of nitrogen functional groups attached to an aromatic ring is 1. The van der Waals surface area contributed by atoms with E-state index in [1.807, 2.05) is 31.2 Å². The van der Waals surface area contributed by atoms with Gasteiger partial charge in [0.15, 0.2) is 0 Å². The molecule has 1 heterocycles. The highest BCUT2D eigenvalue weighted by Gasteiger charge is 2.03. The third kappa shape index (κ3) is 2.52. The Labute approximate surface area is 102 Å². The van der Waals surface area contributed by atoms with Crippen molar-refractivity contribution in [1.82, 2.24) is 4.98 Å². The smallest absolute Gasteiger partial charge is 0.143 e. The summed E-state index contributed by atoms with van der Waals surface area (Å²) in [6, 6.07) is 9.13. The number of aryl methyl sites for hydroxylation is 1. The largest absolute Gasteiger partial charge is 0.456 e. The SMILES string of the molecule is Cc1cc(Oc2cc(N)ccc2Br)ccn1. The van der Waals surface area contributed by atoms with Gasteiger partial charge in [0, 0.05) is 29.7 Å². The summed E-state index contributed by atoms with van der Waals surface area (Å²) in [5, 5.41) is 0. The molecule has 4 heteroatoms. The fourth-order valence-electron chi connectivity index (χ4n) is 1.31. The molecule has 0 atom stereocenters. The lowest BCUT2D eigenvalue weighted by molar-refractivity contribution is 0.478. The van der Waals surface area contributed by atoms with Crippen LogP contribution in [0, 0.1) is 6.92 Å². The maximum absolute atomic E-state index is 5.70. The van der Waals surface area contributed by atoms with Crippen molar-refractivity contribution in [3.63, 3.8) is 0 Å². The number of rotatable bonds is 2. The standard InChI is InChI=1S/C12H11BrN2O/c1-8-6-10(4-5-15-8)16-12-7-9(14)2-3-11(12)13/h2-7H,14H2,1H3. The van der Waals surface area contributed by atoms with E-state index in [0.717, 1.165) is 15.9 Å². The number of nitrogens with two attached hydrogens (primary N) is 1. The van der Waals surface area contributed by atoms with Crippen LogP contribution in [0.1, 0.15) is 5.69 Å². The first-order chi connectivity index (χ1) is 7.65. The zero-order chi connectivity index (χ0) is 11.5. The molecule has 2 N–H and O–H groups in total. The first-order valence-corrected chi connectivity index (χ1v) is 5.60. The number of aromatic nitrogens is 1. The van der Waals surface area contributed by atoms with Crippen molar-refractivity contribution in [2.75, 3.05) is 5.73 Å². The highest BCUT2D eigenvalue weighted by atomic mass is 79.9. The monoisotopic (exact) mass is 278 g/mol. The van der Waals surface area contributed by atoms with Gasteiger partial charge in [-0.3, -0.25) is 4.98 Å². The second kappa shape index (κ2) is 4.53. The van der Waals surface area contributed by atoms with Crippen molar-refractivity contribution >= 4 is 21.6 Å². The molecule has 0 spiro atoms. The normalized spacial score (nSPS) is 10.1. The van der Waals surface area contributed by atoms with Crippen LogP contribution in [0.2, 0.25) is 0 Å². The zero-order valence-electron chi connectivity index (χ0n) is 8.77. The van der Waals surface area contributed by atoms with Gasteiger partial charge >= 0.3 is 0 Å². The minimum Gasteiger partial charge on any atom is -0.456 e. The van der Waals surface area contributed by atoms with E-state index in [1.165, 1.54) is 0 Å². The summed E-state index contributed by atoms with van der Waals surface area (Å²) < 4.78 is 6.58. The third-order valence-electron chi connectivity index (χ3n) is 2.05. The topological polar surface area (TPSA) is 48.1 Å². The van der Waals surface area contributed by atoms with E-state index in [-0.39, 0.29) is 0 Å². The van der Waals surface area contributed by atoms with Crippen LogP contribution < -0.4 is 10.5 Å². The number of benzene rings is 1. The lowest BCUT2D eigenvalue weighted by atomic mass is 10.3. The second-order valence-electron chi connectivity index (χ2n) is 3.42. The number of hydrogen-bond donors (Lipinski definition) is 1. The Bertz CT molecular complexity index is 514. The summed E-state index contributed by atoms with van der Waals surface area (Å²) in [4.78, 5) is 4.11. The first-order valence-electron chi connectivity index (χ1n) is 4.81. The molecule has 2 aromatic rings. The molecular weight excluding hydrogens is 268 g/mol. The van der Waals surface area contributed by atoms with E-state index in [9.17, 15) is 0 Å². The third-order valence-corrected chi connectivity index (χ3v) is 2.71. The van der Waals surface area contributed by atoms with E-state index in [0.29, 0.717) is 11.4 Å². The van der Waals surface area contributed by atoms with Gasteiger partial charge in [0.25, 0.3) is 0 Å². The summed E-state index contributed by atoms with van der Waals surface area (Å²) in [6.45, 7) is 1.92. The molecule has 3 nitrogen and oxygen atoms in total. The van der Waals surface area contributed by atoms with Crippen molar-refractivity contribution in [2.24, 2.45) is 0 Å². The molecule has 82 valence electrons. The van der Waals surface area contributed by atoms with Gasteiger partial charge in [0.2, 0.25) is 0 Å². The van der Waals surface area contributed by atoms with Crippen LogP contribution in [0.5, 0.6) is 11.5 Å². The quantitative estimate of drug-likeness (QED) is 0.855. The molecule has 1 aromatic heterocycles. The molecule has 0 radical (unpaired) electrons. The molecule has 0 aliphatic heterocycles. The van der Waals surface area contributed by atoms with E-state index >= 15 is 0 Å². The van der Waals surface area contributed by atoms with E-state index in [4.69, 9.17) is 10.5 Å². The Morgan fingerprint density at radius 3 is 2.81 bits per heavy atom. The molecule has 0 fully saturated rings. The predicted molar refractivity (Wildman–Crippen MR) is 67.6 cm³/mol. The number of ether oxygens (including phenoxy) is 1. The van der Waals surface area contributed by atoms with Gasteiger partial charge in [-0.05, 0) is 41.1 Å². The van der Waals surface area contributed by atoms with Crippen LogP contribution in [0.15, 0.2) is 41.0 Å². The molecule has 0 saturated heterocycles. The molecule has 0 saturated carbocycles. The van der Waals surface area contributed by atoms with Crippen molar-refractivity contribution in [3.8, 4) is 11.5 Å². The Morgan fingerprint density at radius 1 is 1.25 bits per heavy atom. The zero-order valence-corrected chi connectivity index (χ0v) is 10.4. The van der Waals surface area contributed by atoms with Crippen LogP contribution in [-0.4, -0.2) is 4.98 Å². The van der Waals surface area contributed by atoms with Crippen molar-refractivity contribution in [1.29, 1.82) is 0 Å². The molecule has 0 amide bonds. The minimum atomic E-state index is 0.670. The Hall–Kier alpha value is -1.55. The maximum atomic E-state index is 5.70. The van der Waals surface area contributed by atoms with Gasteiger partial charge in [-0.25, -0.2) is 0 Å². The summed E-state index contributed by atoms with van der Waals surface area (Å²) in [7, 11) is 0. The Kier molecular flexibility index (Phi) is 3.10. The van der Waals surface area contributed by atoms with Crippen LogP contribution in [0.4, 0.5) is 5.69 Å². The maximum Gasteiger partial charge on any atom is 0.143 e. The van der Waals surface area contributed by atoms with Crippen molar-refractivity contribution in [3.05, 3.63) is 46.7 Å². The number of halogens is 1. The number of nitrogens with zero attached hydrogens (tertiary/aromatic N) is 1. The predicted octanol–water partition coefficient (Wildman–Crippen LogP) is 3.53. The average molecular weight is 279 g/mol. The van der Waals surface area contributed by atoms with Gasteiger partial charge in [-0.2, -0.15) is 0 Å². The summed E-state index contributed by atoms with van der Waals surface area (Å²) in [5.41, 5.74) is 7.28. The van der Waals surface area contributed by atoms with Crippen LogP contribution in [0.3, 0.4) is 0 Å². The van der Waals surface area contributed by atoms with Crippen LogP contribution >= 0.6 is 15.9 Å². The molecular formula is C12H11BrN2O. The second-order valence-corrected chi connectivity index (χ2v) is 4.28. The average Bonchev–Trinajstić information content (AvgIpc) is 2.24. The van der Waals surface area contributed by atoms with Gasteiger partial charge in [0.1, 0.15) is 11.5 Å². The highest BCUT2D eigenvalue weighted by molar-refractivity contribution is 9.10. The minimum absolute atomic E-state index is 0.670. The molecule has 1 aromatic carbocycles. The summed E-state index contributed by atoms with van der Waals surface area (Å²) in [6.07, 6.45) is 1.71. The van der Waals surface area contributed by atoms with E-state index in [1.54, 1.807) is 12.3 Å². The molecule has 0 bridgehead atoms. The Morgan fingerprint density at radius 2 is 2.06 bits per heavy atom. The van der Waals surface area contributed by atoms with Crippen molar-refractivity contribution in [2.45, 2.75) is 6.92 Å². The fourth-order valence-corrected chi connectivity index (χ4v) is 1.64. The van der Waals surface area contributed by atoms with E-state index in [2.05, 4.69) is 20.9 Å². The van der Waals surface area contributed by atoms with Gasteiger partial charge in [0.05, 0.1) is 4.47 Å². The van der Waals surface area contributed by atoms with Gasteiger partial charge in [-0.1, -0.05) is 0 Å². The van der Waals surface area contributed by atoms with Gasteiger partial charge in [-0.15, -0.1) is 0 Å². The molecule has 0 aliphatic carbocycles. The number of pyridine rings is 1. The molecule has 0 unspecified atom stereocenters. The van der Waals surface area contributed by atoms with Crippen LogP contribution in [-0.2, 0) is 0 Å². The lowest BCUT2D eigenvalue weighted by Crippen LogP contribution is -1.90. The van der Waals surface area contributed by atoms with Crippen molar-refractivity contribution < 1.29 is 4.74 Å². The lowest BCUT2D eigenvalue weighted by Gasteiger charge is -2.08. The molecule has 0 aliphatic rings. The summed E-state index contributed by atoms with van der Waals surface area (Å²) >= 11 is 3.41. The highest BCUT2D eigenvalue weighted by Crippen LogP contribution is 2.31. The number of anilines is 1. The van der Waals surface area contributed by atoms with Crippen LogP contribution in [0.25, 0.3) is 0 Å². The summed E-state index contributed by atoms with van der Waals surface area (Å²) in [5.74, 6) is 1.45. The molecule has 16 heavy (non-hydrogen) atoms. The molecule has 2 rings (SSSR count). The Balaban J connectivity index is 2.30. The van der Waals surface area contributed by atoms with Gasteiger partial charge < -0.3 is 10.5 Å². The fraction of sp³-hybridized carbons (Fsp3) is 0.0833. The number of hydrogen-bond acceptors (Lipinski definition) is 3.